The summed E-state index contributed by atoms with van der Waals surface area (Å²) in [5.74, 6) is 0.942. The van der Waals surface area contributed by atoms with Crippen molar-refractivity contribution < 1.29 is 0 Å². The summed E-state index contributed by atoms with van der Waals surface area (Å²) in [4.78, 5) is 8.37. The standard InChI is InChI=1S/C15H19N3S/c1-11-4-5-13(8-12(11)2)14(16-3)10-19-15-9-17-6-7-18-15/h4-9,14,16H,10H2,1-3H3. The van der Waals surface area contributed by atoms with Gasteiger partial charge in [0.15, 0.2) is 0 Å². The highest BCUT2D eigenvalue weighted by molar-refractivity contribution is 7.99. The molecule has 4 heteroatoms. The van der Waals surface area contributed by atoms with Gasteiger partial charge >= 0.3 is 0 Å². The number of hydrogen-bond acceptors (Lipinski definition) is 4. The van der Waals surface area contributed by atoms with Gasteiger partial charge < -0.3 is 5.32 Å². The lowest BCUT2D eigenvalue weighted by Crippen LogP contribution is -2.19. The molecule has 1 unspecified atom stereocenters. The van der Waals surface area contributed by atoms with E-state index in [1.165, 1.54) is 16.7 Å². The van der Waals surface area contributed by atoms with Crippen molar-refractivity contribution >= 4 is 11.8 Å². The molecule has 100 valence electrons. The Balaban J connectivity index is 2.05. The zero-order chi connectivity index (χ0) is 13.7. The summed E-state index contributed by atoms with van der Waals surface area (Å²) in [6, 6.07) is 6.96. The van der Waals surface area contributed by atoms with Crippen molar-refractivity contribution in [2.75, 3.05) is 12.8 Å². The summed E-state index contributed by atoms with van der Waals surface area (Å²) in [5, 5.41) is 4.33. The van der Waals surface area contributed by atoms with Crippen LogP contribution in [0.15, 0.2) is 41.8 Å². The molecule has 0 bridgehead atoms. The minimum atomic E-state index is 0.325. The molecular formula is C15H19N3S. The summed E-state index contributed by atoms with van der Waals surface area (Å²) in [6.07, 6.45) is 5.23. The molecule has 0 aliphatic rings. The average molecular weight is 273 g/mol. The number of thioether (sulfide) groups is 1. The number of rotatable bonds is 5. The lowest BCUT2D eigenvalue weighted by atomic mass is 10.0. The number of aromatic nitrogens is 2. The van der Waals surface area contributed by atoms with Gasteiger partial charge in [-0.15, -0.1) is 11.8 Å². The largest absolute Gasteiger partial charge is 0.312 e. The van der Waals surface area contributed by atoms with Gasteiger partial charge in [-0.1, -0.05) is 18.2 Å². The van der Waals surface area contributed by atoms with Gasteiger partial charge in [0.05, 0.1) is 6.20 Å². The van der Waals surface area contributed by atoms with Crippen molar-refractivity contribution in [3.8, 4) is 0 Å². The third-order valence-corrected chi connectivity index (χ3v) is 4.23. The molecule has 0 fully saturated rings. The quantitative estimate of drug-likeness (QED) is 0.849. The first-order valence-corrected chi connectivity index (χ1v) is 7.32. The Bertz CT molecular complexity index is 528. The van der Waals surface area contributed by atoms with Crippen molar-refractivity contribution in [2.24, 2.45) is 0 Å². The summed E-state index contributed by atoms with van der Waals surface area (Å²) < 4.78 is 0. The highest BCUT2D eigenvalue weighted by Crippen LogP contribution is 2.24. The molecule has 1 atom stereocenters. The third-order valence-electron chi connectivity index (χ3n) is 3.22. The fourth-order valence-electron chi connectivity index (χ4n) is 1.86. The summed E-state index contributed by atoms with van der Waals surface area (Å²) >= 11 is 1.72. The second-order valence-electron chi connectivity index (χ2n) is 4.54. The Morgan fingerprint density at radius 1 is 1.21 bits per heavy atom. The normalized spacial score (nSPS) is 12.4. The minimum Gasteiger partial charge on any atom is -0.312 e. The van der Waals surface area contributed by atoms with Gasteiger partial charge in [-0.2, -0.15) is 0 Å². The molecule has 1 aromatic heterocycles. The van der Waals surface area contributed by atoms with Crippen LogP contribution < -0.4 is 5.32 Å². The fraction of sp³-hybridized carbons (Fsp3) is 0.333. The SMILES string of the molecule is CNC(CSc1cnccn1)c1ccc(C)c(C)c1. The Kier molecular flexibility index (Phi) is 4.93. The minimum absolute atomic E-state index is 0.325. The van der Waals surface area contributed by atoms with Crippen LogP contribution in [0.4, 0.5) is 0 Å². The van der Waals surface area contributed by atoms with Crippen LogP contribution in [-0.4, -0.2) is 22.8 Å². The van der Waals surface area contributed by atoms with Crippen LogP contribution in [0.25, 0.3) is 0 Å². The van der Waals surface area contributed by atoms with Crippen LogP contribution >= 0.6 is 11.8 Å². The van der Waals surface area contributed by atoms with Crippen LogP contribution in [0.2, 0.25) is 0 Å². The Hall–Kier alpha value is -1.39. The summed E-state index contributed by atoms with van der Waals surface area (Å²) in [5.41, 5.74) is 3.99. The van der Waals surface area contributed by atoms with E-state index in [9.17, 15) is 0 Å². The second-order valence-corrected chi connectivity index (χ2v) is 5.58. The van der Waals surface area contributed by atoms with E-state index in [-0.39, 0.29) is 0 Å². The van der Waals surface area contributed by atoms with Crippen LogP contribution in [0.1, 0.15) is 22.7 Å². The highest BCUT2D eigenvalue weighted by Gasteiger charge is 2.11. The monoisotopic (exact) mass is 273 g/mol. The van der Waals surface area contributed by atoms with E-state index in [2.05, 4.69) is 47.3 Å². The molecule has 0 spiro atoms. The van der Waals surface area contributed by atoms with Gasteiger partial charge in [0, 0.05) is 24.2 Å². The Labute approximate surface area is 118 Å². The molecule has 2 rings (SSSR count). The van der Waals surface area contributed by atoms with E-state index in [0.717, 1.165) is 10.8 Å². The van der Waals surface area contributed by atoms with Crippen molar-refractivity contribution in [3.05, 3.63) is 53.5 Å². The molecule has 1 N–H and O–H groups in total. The van der Waals surface area contributed by atoms with E-state index in [1.807, 2.05) is 7.05 Å². The molecule has 0 aliphatic heterocycles. The molecular weight excluding hydrogens is 254 g/mol. The zero-order valence-corrected chi connectivity index (χ0v) is 12.4. The first-order valence-electron chi connectivity index (χ1n) is 6.34. The van der Waals surface area contributed by atoms with Crippen molar-refractivity contribution in [1.82, 2.24) is 15.3 Å². The fourth-order valence-corrected chi connectivity index (χ4v) is 2.82. The predicted molar refractivity (Wildman–Crippen MR) is 80.5 cm³/mol. The predicted octanol–water partition coefficient (Wildman–Crippen LogP) is 3.15. The molecule has 0 radical (unpaired) electrons. The number of nitrogens with zero attached hydrogens (tertiary/aromatic N) is 2. The molecule has 3 nitrogen and oxygen atoms in total. The molecule has 19 heavy (non-hydrogen) atoms. The van der Waals surface area contributed by atoms with E-state index in [4.69, 9.17) is 0 Å². The number of hydrogen-bond donors (Lipinski definition) is 1. The van der Waals surface area contributed by atoms with Crippen molar-refractivity contribution in [1.29, 1.82) is 0 Å². The van der Waals surface area contributed by atoms with E-state index in [0.29, 0.717) is 6.04 Å². The lowest BCUT2D eigenvalue weighted by molar-refractivity contribution is 0.660. The zero-order valence-electron chi connectivity index (χ0n) is 11.6. The third kappa shape index (κ3) is 3.78. The van der Waals surface area contributed by atoms with E-state index >= 15 is 0 Å². The highest BCUT2D eigenvalue weighted by atomic mass is 32.2. The molecule has 0 aliphatic carbocycles. The van der Waals surface area contributed by atoms with Crippen LogP contribution in [0.5, 0.6) is 0 Å². The maximum Gasteiger partial charge on any atom is 0.114 e. The maximum atomic E-state index is 4.28. The molecule has 0 amide bonds. The molecule has 0 saturated carbocycles. The molecule has 1 aromatic carbocycles. The number of nitrogens with one attached hydrogen (secondary N) is 1. The van der Waals surface area contributed by atoms with Gasteiger partial charge in [-0.25, -0.2) is 4.98 Å². The Morgan fingerprint density at radius 2 is 2.05 bits per heavy atom. The van der Waals surface area contributed by atoms with Gasteiger partial charge in [-0.3, -0.25) is 4.98 Å². The lowest BCUT2D eigenvalue weighted by Gasteiger charge is -2.17. The number of aryl methyl sites for hydroxylation is 2. The molecule has 2 aromatic rings. The second kappa shape index (κ2) is 6.68. The first kappa shape index (κ1) is 14.0. The summed E-state index contributed by atoms with van der Waals surface area (Å²) in [7, 11) is 2.00. The number of benzene rings is 1. The van der Waals surface area contributed by atoms with Crippen LogP contribution in [0, 0.1) is 13.8 Å². The topological polar surface area (TPSA) is 37.8 Å². The molecule has 1 heterocycles. The van der Waals surface area contributed by atoms with E-state index < -0.39 is 0 Å². The van der Waals surface area contributed by atoms with Gasteiger partial charge in [-0.05, 0) is 37.6 Å². The Morgan fingerprint density at radius 3 is 2.68 bits per heavy atom. The van der Waals surface area contributed by atoms with Crippen LogP contribution in [-0.2, 0) is 0 Å². The van der Waals surface area contributed by atoms with Gasteiger partial charge in [0.2, 0.25) is 0 Å². The van der Waals surface area contributed by atoms with E-state index in [1.54, 1.807) is 30.4 Å². The van der Waals surface area contributed by atoms with Crippen molar-refractivity contribution in [3.63, 3.8) is 0 Å². The average Bonchev–Trinajstić information content (AvgIpc) is 2.44. The van der Waals surface area contributed by atoms with Gasteiger partial charge in [0.1, 0.15) is 5.03 Å². The first-order chi connectivity index (χ1) is 9.20. The smallest absolute Gasteiger partial charge is 0.114 e. The van der Waals surface area contributed by atoms with Crippen LogP contribution in [0.3, 0.4) is 0 Å². The summed E-state index contributed by atoms with van der Waals surface area (Å²) in [6.45, 7) is 4.29. The van der Waals surface area contributed by atoms with Gasteiger partial charge in [0.25, 0.3) is 0 Å². The molecule has 0 saturated heterocycles. The maximum absolute atomic E-state index is 4.28. The van der Waals surface area contributed by atoms with Crippen molar-refractivity contribution in [2.45, 2.75) is 24.9 Å².